The number of aromatic nitrogens is 1. The molecule has 0 amide bonds. The zero-order chi connectivity index (χ0) is 21.0. The normalized spacial score (nSPS) is 11.1. The van der Waals surface area contributed by atoms with Gasteiger partial charge in [0.2, 0.25) is 5.88 Å². The van der Waals surface area contributed by atoms with Crippen LogP contribution in [0.2, 0.25) is 0 Å². The summed E-state index contributed by atoms with van der Waals surface area (Å²) in [7, 11) is 0. The highest BCUT2D eigenvalue weighted by Crippen LogP contribution is 2.28. The smallest absolute Gasteiger partial charge is 0.281 e. The molecule has 0 atom stereocenters. The second kappa shape index (κ2) is 8.53. The van der Waals surface area contributed by atoms with Crippen molar-refractivity contribution < 1.29 is 5.11 Å². The topological polar surface area (TPSA) is 90.7 Å². The van der Waals surface area contributed by atoms with Gasteiger partial charge in [0.1, 0.15) is 11.6 Å². The van der Waals surface area contributed by atoms with Crippen molar-refractivity contribution in [3.63, 3.8) is 0 Å². The number of aromatic hydroxyl groups is 1. The minimum Gasteiger partial charge on any atom is -0.493 e. The summed E-state index contributed by atoms with van der Waals surface area (Å²) in [4.78, 5) is 12.8. The Morgan fingerprint density at radius 3 is 2.24 bits per heavy atom. The Kier molecular flexibility index (Phi) is 5.89. The predicted molar refractivity (Wildman–Crippen MR) is 113 cm³/mol. The molecule has 29 heavy (non-hydrogen) atoms. The molecule has 0 aliphatic rings. The van der Waals surface area contributed by atoms with E-state index in [1.807, 2.05) is 74.5 Å². The molecular weight excluding hydrogens is 364 g/mol. The van der Waals surface area contributed by atoms with E-state index in [1.54, 1.807) is 6.92 Å². The molecule has 6 heteroatoms. The molecule has 1 heterocycles. The van der Waals surface area contributed by atoms with Crippen LogP contribution in [0.15, 0.2) is 69.6 Å². The minimum atomic E-state index is -0.461. The lowest BCUT2D eigenvalue weighted by molar-refractivity contribution is 0.381. The van der Waals surface area contributed by atoms with E-state index in [0.717, 1.165) is 11.1 Å². The quantitative estimate of drug-likeness (QED) is 0.589. The summed E-state index contributed by atoms with van der Waals surface area (Å²) in [6.07, 6.45) is 0. The summed E-state index contributed by atoms with van der Waals surface area (Å²) in [5, 5.41) is 28.0. The molecule has 0 aliphatic heterocycles. The molecule has 0 fully saturated rings. The van der Waals surface area contributed by atoms with Crippen LogP contribution >= 0.6 is 0 Å². The molecule has 0 spiro atoms. The van der Waals surface area contributed by atoms with Gasteiger partial charge in [0.05, 0.1) is 5.69 Å². The fourth-order valence-corrected chi connectivity index (χ4v) is 3.05. The minimum absolute atomic E-state index is 0.0404. The van der Waals surface area contributed by atoms with Crippen molar-refractivity contribution in [3.8, 4) is 23.1 Å². The van der Waals surface area contributed by atoms with E-state index >= 15 is 0 Å². The molecule has 0 aliphatic carbocycles. The summed E-state index contributed by atoms with van der Waals surface area (Å²) in [6, 6.07) is 19.4. The highest BCUT2D eigenvalue weighted by molar-refractivity contribution is 5.65. The number of nitriles is 1. The average Bonchev–Trinajstić information content (AvgIpc) is 2.72. The summed E-state index contributed by atoms with van der Waals surface area (Å²) in [5.41, 5.74) is 2.70. The second-order valence-corrected chi connectivity index (χ2v) is 7.21. The molecule has 0 saturated carbocycles. The average molecular weight is 386 g/mol. The molecule has 1 N–H and O–H groups in total. The number of pyridine rings is 1. The third-order valence-corrected chi connectivity index (χ3v) is 4.56. The summed E-state index contributed by atoms with van der Waals surface area (Å²) in [6.45, 7) is 5.72. The number of azo groups is 1. The van der Waals surface area contributed by atoms with Crippen LogP contribution in [0.1, 0.15) is 25.0 Å². The van der Waals surface area contributed by atoms with E-state index in [2.05, 4.69) is 10.2 Å². The van der Waals surface area contributed by atoms with E-state index in [1.165, 1.54) is 4.57 Å². The maximum atomic E-state index is 12.8. The van der Waals surface area contributed by atoms with Crippen LogP contribution < -0.4 is 5.56 Å². The fraction of sp³-hybridized carbons (Fsp3) is 0.217. The van der Waals surface area contributed by atoms with Gasteiger partial charge in [0, 0.05) is 12.1 Å². The predicted octanol–water partition coefficient (Wildman–Crippen LogP) is 5.47. The number of nitrogens with zero attached hydrogens (tertiary/aromatic N) is 4. The highest BCUT2D eigenvalue weighted by atomic mass is 16.3. The number of rotatable bonds is 5. The maximum Gasteiger partial charge on any atom is 0.281 e. The van der Waals surface area contributed by atoms with Gasteiger partial charge in [-0.25, -0.2) is 0 Å². The lowest BCUT2D eigenvalue weighted by Gasteiger charge is -2.14. The zero-order valence-corrected chi connectivity index (χ0v) is 16.6. The first-order valence-corrected chi connectivity index (χ1v) is 9.36. The third kappa shape index (κ3) is 4.25. The number of hydrogen-bond acceptors (Lipinski definition) is 5. The lowest BCUT2D eigenvalue weighted by Crippen LogP contribution is -2.24. The second-order valence-electron chi connectivity index (χ2n) is 7.21. The fourth-order valence-electron chi connectivity index (χ4n) is 3.05. The Morgan fingerprint density at radius 2 is 1.66 bits per heavy atom. The summed E-state index contributed by atoms with van der Waals surface area (Å²) in [5.74, 6) is -0.210. The van der Waals surface area contributed by atoms with Crippen LogP contribution in [0, 0.1) is 24.2 Å². The Morgan fingerprint density at radius 1 is 1.03 bits per heavy atom. The molecule has 0 radical (unpaired) electrons. The van der Waals surface area contributed by atoms with E-state index in [9.17, 15) is 15.2 Å². The largest absolute Gasteiger partial charge is 0.493 e. The van der Waals surface area contributed by atoms with Crippen molar-refractivity contribution >= 4 is 11.4 Å². The molecule has 3 aromatic rings. The Balaban J connectivity index is 1.98. The van der Waals surface area contributed by atoms with Crippen molar-refractivity contribution in [2.45, 2.75) is 27.3 Å². The summed E-state index contributed by atoms with van der Waals surface area (Å²) >= 11 is 0. The first-order valence-electron chi connectivity index (χ1n) is 9.36. The van der Waals surface area contributed by atoms with Crippen LogP contribution in [0.3, 0.4) is 0 Å². The number of hydrogen-bond donors (Lipinski definition) is 1. The standard InChI is InChI=1S/C23H22N4O2/c1-15(2)14-27-22(28)20(13-24)16(3)21(23(27)29)26-25-19-11-9-18(10-12-19)17-7-5-4-6-8-17/h4-12,15,28H,14H2,1-3H3. The molecule has 3 rings (SSSR count). The molecule has 0 bridgehead atoms. The Bertz CT molecular complexity index is 1140. The van der Waals surface area contributed by atoms with Gasteiger partial charge in [0.25, 0.3) is 5.56 Å². The van der Waals surface area contributed by atoms with E-state index in [-0.39, 0.29) is 29.6 Å². The van der Waals surface area contributed by atoms with Crippen molar-refractivity contribution in [1.82, 2.24) is 4.57 Å². The van der Waals surface area contributed by atoms with Gasteiger partial charge in [-0.05, 0) is 36.1 Å². The maximum absolute atomic E-state index is 12.8. The lowest BCUT2D eigenvalue weighted by atomic mass is 10.1. The molecular formula is C23H22N4O2. The van der Waals surface area contributed by atoms with E-state index in [0.29, 0.717) is 11.3 Å². The van der Waals surface area contributed by atoms with Gasteiger partial charge < -0.3 is 5.11 Å². The SMILES string of the molecule is Cc1c(C#N)c(O)n(CC(C)C)c(=O)c1N=Nc1ccc(-c2ccccc2)cc1. The van der Waals surface area contributed by atoms with Gasteiger partial charge >= 0.3 is 0 Å². The van der Waals surface area contributed by atoms with Crippen LogP contribution in [-0.2, 0) is 6.54 Å². The van der Waals surface area contributed by atoms with Crippen molar-refractivity contribution in [1.29, 1.82) is 5.26 Å². The van der Waals surface area contributed by atoms with Gasteiger partial charge in [0.15, 0.2) is 5.69 Å². The Hall–Kier alpha value is -3.72. The zero-order valence-electron chi connectivity index (χ0n) is 16.6. The molecule has 1 aromatic heterocycles. The van der Waals surface area contributed by atoms with Crippen LogP contribution in [0.5, 0.6) is 5.88 Å². The first-order chi connectivity index (χ1) is 13.9. The third-order valence-electron chi connectivity index (χ3n) is 4.56. The molecule has 6 nitrogen and oxygen atoms in total. The van der Waals surface area contributed by atoms with Gasteiger partial charge in [-0.15, -0.1) is 5.11 Å². The van der Waals surface area contributed by atoms with E-state index in [4.69, 9.17) is 0 Å². The number of benzene rings is 2. The first kappa shape index (κ1) is 20.0. The van der Waals surface area contributed by atoms with Crippen LogP contribution in [0.4, 0.5) is 11.4 Å². The molecule has 146 valence electrons. The highest BCUT2D eigenvalue weighted by Gasteiger charge is 2.19. The van der Waals surface area contributed by atoms with Crippen LogP contribution in [0.25, 0.3) is 11.1 Å². The molecule has 0 unspecified atom stereocenters. The van der Waals surface area contributed by atoms with Crippen molar-refractivity contribution in [2.75, 3.05) is 0 Å². The molecule has 0 saturated heterocycles. The van der Waals surface area contributed by atoms with Crippen LogP contribution in [-0.4, -0.2) is 9.67 Å². The monoisotopic (exact) mass is 386 g/mol. The Labute approximate surface area is 169 Å². The van der Waals surface area contributed by atoms with Crippen molar-refractivity contribution in [2.24, 2.45) is 16.1 Å². The molecule has 2 aromatic carbocycles. The van der Waals surface area contributed by atoms with Gasteiger partial charge in [-0.1, -0.05) is 56.3 Å². The van der Waals surface area contributed by atoms with Gasteiger partial charge in [-0.3, -0.25) is 9.36 Å². The summed E-state index contributed by atoms with van der Waals surface area (Å²) < 4.78 is 1.18. The van der Waals surface area contributed by atoms with E-state index < -0.39 is 5.56 Å². The van der Waals surface area contributed by atoms with Crippen molar-refractivity contribution in [3.05, 3.63) is 76.1 Å². The van der Waals surface area contributed by atoms with Gasteiger partial charge in [-0.2, -0.15) is 10.4 Å².